The minimum absolute atomic E-state index is 0.365. The van der Waals surface area contributed by atoms with E-state index in [-0.39, 0.29) is 0 Å². The standard InChI is InChI=1S/C21H18N6O2/c28-21(26-29)15-8-10-17(11-9-15)23-14-19-24-20(16-5-4-12-22-13-16)25-27(19)18-6-2-1-3-7-18/h1-13,23,29H,14H2,(H,26,28). The Balaban J connectivity index is 1.60. The average molecular weight is 386 g/mol. The maximum atomic E-state index is 11.4. The summed E-state index contributed by atoms with van der Waals surface area (Å²) in [5.74, 6) is 0.766. The van der Waals surface area contributed by atoms with Crippen molar-refractivity contribution < 1.29 is 10.0 Å². The van der Waals surface area contributed by atoms with Gasteiger partial charge in [-0.25, -0.2) is 15.1 Å². The van der Waals surface area contributed by atoms with Gasteiger partial charge in [-0.15, -0.1) is 5.10 Å². The highest BCUT2D eigenvalue weighted by Crippen LogP contribution is 2.19. The van der Waals surface area contributed by atoms with Crippen LogP contribution in [0.1, 0.15) is 16.2 Å². The maximum Gasteiger partial charge on any atom is 0.274 e. The summed E-state index contributed by atoms with van der Waals surface area (Å²) in [5, 5.41) is 16.7. The Morgan fingerprint density at radius 2 is 1.79 bits per heavy atom. The van der Waals surface area contributed by atoms with Crippen LogP contribution in [0, 0.1) is 0 Å². The number of hydroxylamine groups is 1. The number of pyridine rings is 1. The summed E-state index contributed by atoms with van der Waals surface area (Å²) in [6, 6.07) is 20.3. The summed E-state index contributed by atoms with van der Waals surface area (Å²) in [4.78, 5) is 20.3. The number of hydrogen-bond acceptors (Lipinski definition) is 6. The third-order valence-corrected chi connectivity index (χ3v) is 4.29. The second kappa shape index (κ2) is 8.32. The molecule has 0 aliphatic rings. The topological polar surface area (TPSA) is 105 Å². The number of amides is 1. The van der Waals surface area contributed by atoms with Crippen molar-refractivity contribution in [3.63, 3.8) is 0 Å². The molecule has 8 heteroatoms. The van der Waals surface area contributed by atoms with Gasteiger partial charge in [0.25, 0.3) is 5.91 Å². The van der Waals surface area contributed by atoms with Crippen LogP contribution >= 0.6 is 0 Å². The Hall–Kier alpha value is -4.04. The van der Waals surface area contributed by atoms with Crippen molar-refractivity contribution in [3.05, 3.63) is 90.5 Å². The highest BCUT2D eigenvalue weighted by molar-refractivity contribution is 5.93. The fourth-order valence-electron chi connectivity index (χ4n) is 2.84. The van der Waals surface area contributed by atoms with Crippen molar-refractivity contribution in [1.82, 2.24) is 25.2 Å². The van der Waals surface area contributed by atoms with Gasteiger partial charge in [-0.05, 0) is 48.5 Å². The average Bonchev–Trinajstić information content (AvgIpc) is 3.23. The van der Waals surface area contributed by atoms with Crippen LogP contribution in [-0.2, 0) is 6.54 Å². The lowest BCUT2D eigenvalue weighted by Gasteiger charge is -2.08. The van der Waals surface area contributed by atoms with E-state index >= 15 is 0 Å². The lowest BCUT2D eigenvalue weighted by molar-refractivity contribution is 0.0706. The van der Waals surface area contributed by atoms with E-state index in [4.69, 9.17) is 5.21 Å². The number of rotatable bonds is 6. The van der Waals surface area contributed by atoms with Crippen molar-refractivity contribution in [2.45, 2.75) is 6.54 Å². The second-order valence-corrected chi connectivity index (χ2v) is 6.21. The van der Waals surface area contributed by atoms with E-state index in [0.717, 1.165) is 22.8 Å². The monoisotopic (exact) mass is 386 g/mol. The number of para-hydroxylation sites is 1. The van der Waals surface area contributed by atoms with Crippen LogP contribution in [-0.4, -0.2) is 30.9 Å². The van der Waals surface area contributed by atoms with E-state index in [9.17, 15) is 4.79 Å². The van der Waals surface area contributed by atoms with E-state index in [1.165, 1.54) is 0 Å². The molecule has 0 saturated heterocycles. The minimum Gasteiger partial charge on any atom is -0.378 e. The molecule has 29 heavy (non-hydrogen) atoms. The number of carbonyl (C=O) groups is 1. The molecular weight excluding hydrogens is 368 g/mol. The van der Waals surface area contributed by atoms with Crippen LogP contribution in [0.2, 0.25) is 0 Å². The second-order valence-electron chi connectivity index (χ2n) is 6.21. The largest absolute Gasteiger partial charge is 0.378 e. The van der Waals surface area contributed by atoms with Crippen molar-refractivity contribution in [2.75, 3.05) is 5.32 Å². The molecule has 0 bridgehead atoms. The van der Waals surface area contributed by atoms with E-state index in [0.29, 0.717) is 17.9 Å². The maximum absolute atomic E-state index is 11.4. The number of hydrogen-bond donors (Lipinski definition) is 3. The summed E-state index contributed by atoms with van der Waals surface area (Å²) in [5.41, 5.74) is 4.53. The molecule has 0 atom stereocenters. The molecule has 0 fully saturated rings. The first-order chi connectivity index (χ1) is 14.2. The first-order valence-corrected chi connectivity index (χ1v) is 8.95. The SMILES string of the molecule is O=C(NO)c1ccc(NCc2nc(-c3cccnc3)nn2-c2ccccc2)cc1. The molecule has 144 valence electrons. The molecule has 4 rings (SSSR count). The third-order valence-electron chi connectivity index (χ3n) is 4.29. The molecule has 0 saturated carbocycles. The highest BCUT2D eigenvalue weighted by atomic mass is 16.5. The molecule has 0 aliphatic carbocycles. The van der Waals surface area contributed by atoms with Crippen LogP contribution in [0.5, 0.6) is 0 Å². The summed E-state index contributed by atoms with van der Waals surface area (Å²) in [6.07, 6.45) is 3.44. The van der Waals surface area contributed by atoms with Gasteiger partial charge < -0.3 is 5.32 Å². The van der Waals surface area contributed by atoms with Crippen molar-refractivity contribution in [2.24, 2.45) is 0 Å². The molecule has 2 aromatic heterocycles. The Bertz CT molecular complexity index is 1100. The van der Waals surface area contributed by atoms with E-state index in [1.54, 1.807) is 46.8 Å². The Kier molecular flexibility index (Phi) is 5.26. The van der Waals surface area contributed by atoms with Crippen molar-refractivity contribution >= 4 is 11.6 Å². The fourth-order valence-corrected chi connectivity index (χ4v) is 2.84. The molecule has 2 aromatic carbocycles. The fraction of sp³-hybridized carbons (Fsp3) is 0.0476. The quantitative estimate of drug-likeness (QED) is 0.347. The predicted octanol–water partition coefficient (Wildman–Crippen LogP) is 3.06. The van der Waals surface area contributed by atoms with Crippen LogP contribution in [0.4, 0.5) is 5.69 Å². The first-order valence-electron chi connectivity index (χ1n) is 8.95. The Morgan fingerprint density at radius 3 is 2.48 bits per heavy atom. The van der Waals surface area contributed by atoms with Gasteiger partial charge in [-0.2, -0.15) is 0 Å². The van der Waals surface area contributed by atoms with Crippen LogP contribution in [0.3, 0.4) is 0 Å². The zero-order chi connectivity index (χ0) is 20.1. The lowest BCUT2D eigenvalue weighted by atomic mass is 10.2. The minimum atomic E-state index is -0.554. The normalized spacial score (nSPS) is 10.5. The van der Waals surface area contributed by atoms with E-state index in [2.05, 4.69) is 20.4 Å². The number of carbonyl (C=O) groups excluding carboxylic acids is 1. The van der Waals surface area contributed by atoms with Gasteiger partial charge in [-0.3, -0.25) is 15.0 Å². The number of nitrogens with one attached hydrogen (secondary N) is 2. The first kappa shape index (κ1) is 18.3. The zero-order valence-electron chi connectivity index (χ0n) is 15.4. The molecule has 1 amide bonds. The van der Waals surface area contributed by atoms with Gasteiger partial charge in [0.05, 0.1) is 12.2 Å². The predicted molar refractivity (Wildman–Crippen MR) is 108 cm³/mol. The smallest absolute Gasteiger partial charge is 0.274 e. The highest BCUT2D eigenvalue weighted by Gasteiger charge is 2.13. The Morgan fingerprint density at radius 1 is 1.00 bits per heavy atom. The number of aromatic nitrogens is 4. The van der Waals surface area contributed by atoms with E-state index < -0.39 is 5.91 Å². The summed E-state index contributed by atoms with van der Waals surface area (Å²) < 4.78 is 1.79. The van der Waals surface area contributed by atoms with Crippen LogP contribution in [0.25, 0.3) is 17.1 Å². The zero-order valence-corrected chi connectivity index (χ0v) is 15.4. The molecule has 0 aliphatic heterocycles. The molecule has 8 nitrogen and oxygen atoms in total. The third kappa shape index (κ3) is 4.12. The summed E-state index contributed by atoms with van der Waals surface area (Å²) >= 11 is 0. The molecule has 0 spiro atoms. The number of anilines is 1. The lowest BCUT2D eigenvalue weighted by Crippen LogP contribution is -2.18. The van der Waals surface area contributed by atoms with Gasteiger partial charge in [0, 0.05) is 29.2 Å². The molecule has 3 N–H and O–H groups in total. The van der Waals surface area contributed by atoms with Crippen molar-refractivity contribution in [1.29, 1.82) is 0 Å². The van der Waals surface area contributed by atoms with E-state index in [1.807, 2.05) is 42.5 Å². The van der Waals surface area contributed by atoms with Gasteiger partial charge in [0.1, 0.15) is 0 Å². The summed E-state index contributed by atoms with van der Waals surface area (Å²) in [7, 11) is 0. The molecule has 2 heterocycles. The Labute approximate surface area is 166 Å². The van der Waals surface area contributed by atoms with Gasteiger partial charge in [0.2, 0.25) is 0 Å². The molecular formula is C21H18N6O2. The van der Waals surface area contributed by atoms with Gasteiger partial charge in [-0.1, -0.05) is 18.2 Å². The molecule has 0 unspecified atom stereocenters. The van der Waals surface area contributed by atoms with Crippen molar-refractivity contribution in [3.8, 4) is 17.1 Å². The summed E-state index contributed by atoms with van der Waals surface area (Å²) in [6.45, 7) is 0.424. The van der Waals surface area contributed by atoms with Gasteiger partial charge in [0.15, 0.2) is 11.6 Å². The van der Waals surface area contributed by atoms with Crippen LogP contribution in [0.15, 0.2) is 79.1 Å². The molecule has 4 aromatic rings. The van der Waals surface area contributed by atoms with Crippen LogP contribution < -0.4 is 10.8 Å². The number of benzene rings is 2. The molecule has 0 radical (unpaired) electrons. The van der Waals surface area contributed by atoms with Gasteiger partial charge >= 0.3 is 0 Å². The number of nitrogens with zero attached hydrogens (tertiary/aromatic N) is 4.